The van der Waals surface area contributed by atoms with E-state index in [0.29, 0.717) is 0 Å². The van der Waals surface area contributed by atoms with Crippen LogP contribution >= 0.6 is 47.8 Å². The van der Waals surface area contributed by atoms with Gasteiger partial charge in [-0.15, -0.1) is 0 Å². The van der Waals surface area contributed by atoms with Gasteiger partial charge < -0.3 is 0 Å². The highest BCUT2D eigenvalue weighted by Crippen LogP contribution is 2.27. The molecule has 4 heteroatoms. The average molecular weight is 316 g/mol. The fourth-order valence-corrected chi connectivity index (χ4v) is 1.53. The first-order valence-electron chi connectivity index (χ1n) is 2.17. The Bertz CT molecular complexity index is 203. The van der Waals surface area contributed by atoms with Crippen molar-refractivity contribution in [1.29, 1.82) is 0 Å². The number of nitrogens with zero attached hydrogens (tertiary/aromatic N) is 1. The summed E-state index contributed by atoms with van der Waals surface area (Å²) in [6.45, 7) is 0. The first-order valence-corrected chi connectivity index (χ1v) is 4.55. The summed E-state index contributed by atoms with van der Waals surface area (Å²) in [5, 5.41) is 0. The van der Waals surface area contributed by atoms with Crippen molar-refractivity contribution >= 4 is 47.8 Å². The molecule has 0 fully saturated rings. The van der Waals surface area contributed by atoms with Crippen LogP contribution in [0.1, 0.15) is 0 Å². The topological polar surface area (TPSA) is 12.9 Å². The Labute approximate surface area is 78.3 Å². The summed E-state index contributed by atoms with van der Waals surface area (Å²) in [7, 11) is 0. The van der Waals surface area contributed by atoms with Crippen LogP contribution in [0.15, 0.2) is 25.8 Å². The van der Waals surface area contributed by atoms with E-state index in [1.54, 1.807) is 6.20 Å². The van der Waals surface area contributed by atoms with E-state index in [4.69, 9.17) is 0 Å². The standard InChI is InChI=1S/C5H2Br3N/c6-3-1-2-9-5(8)4(3)7/h1-2H. The highest BCUT2D eigenvalue weighted by atomic mass is 79.9. The summed E-state index contributed by atoms with van der Waals surface area (Å²) in [5.74, 6) is 0. The molecule has 9 heavy (non-hydrogen) atoms. The fraction of sp³-hybridized carbons (Fsp3) is 0. The van der Waals surface area contributed by atoms with Gasteiger partial charge in [0.1, 0.15) is 4.60 Å². The van der Waals surface area contributed by atoms with Crippen LogP contribution in [0.4, 0.5) is 0 Å². The average Bonchev–Trinajstić information content (AvgIpc) is 1.83. The molecule has 0 saturated carbocycles. The monoisotopic (exact) mass is 313 g/mol. The first kappa shape index (κ1) is 7.69. The summed E-state index contributed by atoms with van der Waals surface area (Å²) in [5.41, 5.74) is 0. The summed E-state index contributed by atoms with van der Waals surface area (Å²) >= 11 is 9.91. The van der Waals surface area contributed by atoms with Gasteiger partial charge in [-0.3, -0.25) is 0 Å². The lowest BCUT2D eigenvalue weighted by molar-refractivity contribution is 1.24. The lowest BCUT2D eigenvalue weighted by Gasteiger charge is -1.94. The molecule has 0 unspecified atom stereocenters. The van der Waals surface area contributed by atoms with Gasteiger partial charge in [0.25, 0.3) is 0 Å². The van der Waals surface area contributed by atoms with Crippen LogP contribution in [0.25, 0.3) is 0 Å². The minimum atomic E-state index is 0.817. The van der Waals surface area contributed by atoms with E-state index in [9.17, 15) is 0 Å². The predicted octanol–water partition coefficient (Wildman–Crippen LogP) is 3.37. The Kier molecular flexibility index (Phi) is 2.67. The molecule has 0 amide bonds. The van der Waals surface area contributed by atoms with Crippen LogP contribution < -0.4 is 0 Å². The van der Waals surface area contributed by atoms with E-state index >= 15 is 0 Å². The van der Waals surface area contributed by atoms with Crippen LogP contribution in [-0.2, 0) is 0 Å². The van der Waals surface area contributed by atoms with Gasteiger partial charge in [0.05, 0.1) is 4.47 Å². The van der Waals surface area contributed by atoms with Gasteiger partial charge in [-0.1, -0.05) is 0 Å². The zero-order chi connectivity index (χ0) is 6.85. The van der Waals surface area contributed by atoms with Crippen molar-refractivity contribution in [2.45, 2.75) is 0 Å². The van der Waals surface area contributed by atoms with E-state index in [2.05, 4.69) is 52.8 Å². The Hall–Kier alpha value is 0.590. The van der Waals surface area contributed by atoms with Crippen molar-refractivity contribution in [1.82, 2.24) is 4.98 Å². The third kappa shape index (κ3) is 1.75. The quantitative estimate of drug-likeness (QED) is 0.669. The lowest BCUT2D eigenvalue weighted by Crippen LogP contribution is -1.75. The summed E-state index contributed by atoms with van der Waals surface area (Å²) < 4.78 is 2.77. The Morgan fingerprint density at radius 3 is 2.33 bits per heavy atom. The van der Waals surface area contributed by atoms with Crippen LogP contribution in [0.3, 0.4) is 0 Å². The molecule has 0 aliphatic carbocycles. The van der Waals surface area contributed by atoms with Crippen LogP contribution in [0.2, 0.25) is 0 Å². The van der Waals surface area contributed by atoms with Crippen molar-refractivity contribution in [3.8, 4) is 0 Å². The van der Waals surface area contributed by atoms with Gasteiger partial charge in [-0.25, -0.2) is 4.98 Å². The zero-order valence-corrected chi connectivity index (χ0v) is 8.99. The van der Waals surface area contributed by atoms with E-state index in [1.165, 1.54) is 0 Å². The first-order chi connectivity index (χ1) is 4.22. The van der Waals surface area contributed by atoms with Gasteiger partial charge >= 0.3 is 0 Å². The molecule has 0 saturated heterocycles. The van der Waals surface area contributed by atoms with Gasteiger partial charge in [0.15, 0.2) is 0 Å². The molecule has 1 rings (SSSR count). The molecule has 48 valence electrons. The molecular formula is C5H2Br3N. The molecule has 0 N–H and O–H groups in total. The second kappa shape index (κ2) is 3.12. The molecule has 1 aromatic rings. The zero-order valence-electron chi connectivity index (χ0n) is 4.24. The maximum Gasteiger partial charge on any atom is 0.121 e. The lowest BCUT2D eigenvalue weighted by atomic mass is 10.5. The SMILES string of the molecule is Brc1ccnc(Br)c1Br. The molecule has 0 aliphatic rings. The minimum Gasteiger partial charge on any atom is -0.248 e. The molecule has 0 radical (unpaired) electrons. The smallest absolute Gasteiger partial charge is 0.121 e. The maximum atomic E-state index is 3.98. The summed E-state index contributed by atoms with van der Waals surface area (Å²) in [4.78, 5) is 3.98. The van der Waals surface area contributed by atoms with Gasteiger partial charge in [0.2, 0.25) is 0 Å². The van der Waals surface area contributed by atoms with Crippen molar-refractivity contribution in [3.63, 3.8) is 0 Å². The molecule has 0 bridgehead atoms. The number of pyridine rings is 1. The van der Waals surface area contributed by atoms with Gasteiger partial charge in [-0.05, 0) is 53.9 Å². The number of aromatic nitrogens is 1. The molecule has 0 aliphatic heterocycles. The summed E-state index contributed by atoms with van der Waals surface area (Å²) in [6.07, 6.45) is 1.72. The van der Waals surface area contributed by atoms with Crippen molar-refractivity contribution in [2.24, 2.45) is 0 Å². The second-order valence-electron chi connectivity index (χ2n) is 1.40. The van der Waals surface area contributed by atoms with Gasteiger partial charge in [-0.2, -0.15) is 0 Å². The Morgan fingerprint density at radius 2 is 1.89 bits per heavy atom. The molecule has 1 heterocycles. The van der Waals surface area contributed by atoms with E-state index < -0.39 is 0 Å². The number of hydrogen-bond donors (Lipinski definition) is 0. The molecule has 1 aromatic heterocycles. The number of halogens is 3. The van der Waals surface area contributed by atoms with Crippen molar-refractivity contribution < 1.29 is 0 Å². The number of hydrogen-bond acceptors (Lipinski definition) is 1. The highest BCUT2D eigenvalue weighted by molar-refractivity contribution is 9.14. The van der Waals surface area contributed by atoms with Crippen LogP contribution in [0, 0.1) is 0 Å². The Balaban J connectivity index is 3.25. The second-order valence-corrected chi connectivity index (χ2v) is 3.80. The molecule has 1 nitrogen and oxygen atoms in total. The van der Waals surface area contributed by atoms with Crippen LogP contribution in [-0.4, -0.2) is 4.98 Å². The molecular weight excluding hydrogens is 314 g/mol. The fourth-order valence-electron chi connectivity index (χ4n) is 0.397. The van der Waals surface area contributed by atoms with Crippen molar-refractivity contribution in [2.75, 3.05) is 0 Å². The number of rotatable bonds is 0. The minimum absolute atomic E-state index is 0.817. The van der Waals surface area contributed by atoms with Crippen molar-refractivity contribution in [3.05, 3.63) is 25.8 Å². The highest BCUT2D eigenvalue weighted by Gasteiger charge is 1.98. The largest absolute Gasteiger partial charge is 0.248 e. The van der Waals surface area contributed by atoms with E-state index in [-0.39, 0.29) is 0 Å². The molecule has 0 spiro atoms. The molecule has 0 atom stereocenters. The summed E-state index contributed by atoms with van der Waals surface area (Å²) in [6, 6.07) is 1.87. The maximum absolute atomic E-state index is 3.98. The van der Waals surface area contributed by atoms with Gasteiger partial charge in [0, 0.05) is 10.7 Å². The Morgan fingerprint density at radius 1 is 1.22 bits per heavy atom. The van der Waals surface area contributed by atoms with E-state index in [0.717, 1.165) is 13.5 Å². The third-order valence-corrected chi connectivity index (χ3v) is 3.93. The van der Waals surface area contributed by atoms with Crippen LogP contribution in [0.5, 0.6) is 0 Å². The third-order valence-electron chi connectivity index (χ3n) is 0.800. The molecule has 0 aromatic carbocycles. The predicted molar refractivity (Wildman–Crippen MR) is 47.3 cm³/mol. The normalized spacial score (nSPS) is 9.67. The van der Waals surface area contributed by atoms with E-state index in [1.807, 2.05) is 6.07 Å².